The Kier molecular flexibility index (Phi) is 6.48. The highest BCUT2D eigenvalue weighted by Gasteiger charge is 2.30. The van der Waals surface area contributed by atoms with E-state index in [4.69, 9.17) is 5.11 Å². The normalized spacial score (nSPS) is 22.5. The van der Waals surface area contributed by atoms with Crippen LogP contribution in [-0.2, 0) is 9.53 Å². The Balaban J connectivity index is 2.07. The standard InChI is InChI=1S/C11H18F2N2O4/c12-9(13)6-19-4-3-14-11(18)15-8-2-1-7(5-8)10(16)17/h7-9H,1-6H2,(H,16,17)(H2,14,15,18)/t7-,8+/m1/s1. The Morgan fingerprint density at radius 2 is 2.11 bits per heavy atom. The number of amides is 2. The van der Waals surface area contributed by atoms with E-state index in [1.165, 1.54) is 0 Å². The van der Waals surface area contributed by atoms with Gasteiger partial charge < -0.3 is 20.5 Å². The molecule has 0 aromatic carbocycles. The van der Waals surface area contributed by atoms with E-state index in [0.29, 0.717) is 19.3 Å². The molecular formula is C11H18F2N2O4. The zero-order chi connectivity index (χ0) is 14.3. The lowest BCUT2D eigenvalue weighted by Gasteiger charge is -2.13. The molecule has 1 aliphatic rings. The molecule has 0 unspecified atom stereocenters. The van der Waals surface area contributed by atoms with Gasteiger partial charge in [0.25, 0.3) is 6.43 Å². The predicted molar refractivity (Wildman–Crippen MR) is 62.1 cm³/mol. The van der Waals surface area contributed by atoms with Crippen molar-refractivity contribution in [2.24, 2.45) is 5.92 Å². The van der Waals surface area contributed by atoms with E-state index in [1.54, 1.807) is 0 Å². The van der Waals surface area contributed by atoms with Gasteiger partial charge in [0, 0.05) is 12.6 Å². The minimum atomic E-state index is -2.51. The van der Waals surface area contributed by atoms with Gasteiger partial charge in [0.15, 0.2) is 0 Å². The van der Waals surface area contributed by atoms with Gasteiger partial charge in [0.2, 0.25) is 0 Å². The van der Waals surface area contributed by atoms with Crippen LogP contribution in [0.3, 0.4) is 0 Å². The zero-order valence-corrected chi connectivity index (χ0v) is 10.4. The van der Waals surface area contributed by atoms with Gasteiger partial charge >= 0.3 is 12.0 Å². The van der Waals surface area contributed by atoms with E-state index in [2.05, 4.69) is 15.4 Å². The Morgan fingerprint density at radius 1 is 1.37 bits per heavy atom. The van der Waals surface area contributed by atoms with Crippen molar-refractivity contribution >= 4 is 12.0 Å². The Labute approximate surface area is 109 Å². The van der Waals surface area contributed by atoms with Crippen LogP contribution in [0.4, 0.5) is 13.6 Å². The topological polar surface area (TPSA) is 87.7 Å². The number of carbonyl (C=O) groups is 2. The number of carboxylic acids is 1. The average molecular weight is 280 g/mol. The number of aliphatic carboxylic acids is 1. The first-order chi connectivity index (χ1) is 8.99. The van der Waals surface area contributed by atoms with Crippen LogP contribution in [0.2, 0.25) is 0 Å². The summed E-state index contributed by atoms with van der Waals surface area (Å²) in [6.07, 6.45) is -0.908. The first-order valence-electron chi connectivity index (χ1n) is 6.12. The molecule has 110 valence electrons. The molecule has 2 atom stereocenters. The van der Waals surface area contributed by atoms with Gasteiger partial charge in [-0.15, -0.1) is 0 Å². The Morgan fingerprint density at radius 3 is 2.68 bits per heavy atom. The van der Waals surface area contributed by atoms with Crippen molar-refractivity contribution in [3.05, 3.63) is 0 Å². The summed E-state index contributed by atoms with van der Waals surface area (Å²) in [4.78, 5) is 22.1. The van der Waals surface area contributed by atoms with Crippen LogP contribution < -0.4 is 10.6 Å². The van der Waals surface area contributed by atoms with Crippen molar-refractivity contribution < 1.29 is 28.2 Å². The summed E-state index contributed by atoms with van der Waals surface area (Å²) in [7, 11) is 0. The first-order valence-corrected chi connectivity index (χ1v) is 6.12. The maximum atomic E-state index is 11.7. The maximum absolute atomic E-state index is 11.7. The number of rotatable bonds is 7. The smallest absolute Gasteiger partial charge is 0.315 e. The van der Waals surface area contributed by atoms with Crippen molar-refractivity contribution in [2.45, 2.75) is 31.7 Å². The number of hydrogen-bond acceptors (Lipinski definition) is 3. The molecular weight excluding hydrogens is 262 g/mol. The second kappa shape index (κ2) is 7.88. The fourth-order valence-corrected chi connectivity index (χ4v) is 1.98. The highest BCUT2D eigenvalue weighted by Crippen LogP contribution is 2.25. The van der Waals surface area contributed by atoms with Crippen molar-refractivity contribution in [3.63, 3.8) is 0 Å². The first kappa shape index (κ1) is 15.6. The average Bonchev–Trinajstić information content (AvgIpc) is 2.76. The van der Waals surface area contributed by atoms with Crippen LogP contribution in [0.5, 0.6) is 0 Å². The lowest BCUT2D eigenvalue weighted by Crippen LogP contribution is -2.42. The number of carboxylic acid groups (broad SMARTS) is 1. The molecule has 0 saturated heterocycles. The van der Waals surface area contributed by atoms with E-state index >= 15 is 0 Å². The van der Waals surface area contributed by atoms with Gasteiger partial charge in [-0.25, -0.2) is 13.6 Å². The molecule has 2 amide bonds. The molecule has 0 spiro atoms. The largest absolute Gasteiger partial charge is 0.481 e. The lowest BCUT2D eigenvalue weighted by molar-refractivity contribution is -0.141. The highest BCUT2D eigenvalue weighted by atomic mass is 19.3. The number of nitrogens with one attached hydrogen (secondary N) is 2. The van der Waals surface area contributed by atoms with Crippen molar-refractivity contribution in [1.82, 2.24) is 10.6 Å². The molecule has 0 aromatic heterocycles. The molecule has 3 N–H and O–H groups in total. The summed E-state index contributed by atoms with van der Waals surface area (Å²) < 4.78 is 28.0. The van der Waals surface area contributed by atoms with Crippen molar-refractivity contribution in [1.29, 1.82) is 0 Å². The molecule has 0 heterocycles. The summed E-state index contributed by atoms with van der Waals surface area (Å²) in [5.74, 6) is -1.25. The quantitative estimate of drug-likeness (QED) is 0.602. The molecule has 0 bridgehead atoms. The van der Waals surface area contributed by atoms with Gasteiger partial charge in [-0.1, -0.05) is 0 Å². The van der Waals surface area contributed by atoms with Crippen LogP contribution in [0.15, 0.2) is 0 Å². The van der Waals surface area contributed by atoms with Crippen molar-refractivity contribution in [2.75, 3.05) is 19.8 Å². The number of alkyl halides is 2. The van der Waals surface area contributed by atoms with E-state index in [1.807, 2.05) is 0 Å². The fraction of sp³-hybridized carbons (Fsp3) is 0.818. The highest BCUT2D eigenvalue weighted by molar-refractivity contribution is 5.75. The molecule has 6 nitrogen and oxygen atoms in total. The molecule has 1 fully saturated rings. The second-order valence-electron chi connectivity index (χ2n) is 4.41. The molecule has 0 radical (unpaired) electrons. The van der Waals surface area contributed by atoms with Gasteiger partial charge in [-0.3, -0.25) is 4.79 Å². The lowest BCUT2D eigenvalue weighted by atomic mass is 10.1. The van der Waals surface area contributed by atoms with E-state index < -0.39 is 31.0 Å². The minimum Gasteiger partial charge on any atom is -0.481 e. The fourth-order valence-electron chi connectivity index (χ4n) is 1.98. The van der Waals surface area contributed by atoms with Crippen LogP contribution in [-0.4, -0.2) is 49.3 Å². The number of hydrogen-bond donors (Lipinski definition) is 3. The molecule has 1 saturated carbocycles. The summed E-state index contributed by atoms with van der Waals surface area (Å²) >= 11 is 0. The maximum Gasteiger partial charge on any atom is 0.315 e. The third kappa shape index (κ3) is 6.32. The SMILES string of the molecule is O=C(NCCOCC(F)F)N[C@H]1CC[C@@H](C(=O)O)C1. The second-order valence-corrected chi connectivity index (χ2v) is 4.41. The Hall–Kier alpha value is -1.44. The summed E-state index contributed by atoms with van der Waals surface area (Å²) in [6, 6.07) is -0.584. The zero-order valence-electron chi connectivity index (χ0n) is 10.4. The van der Waals surface area contributed by atoms with E-state index in [9.17, 15) is 18.4 Å². The van der Waals surface area contributed by atoms with Crippen LogP contribution in [0, 0.1) is 5.92 Å². The van der Waals surface area contributed by atoms with Crippen LogP contribution in [0.1, 0.15) is 19.3 Å². The van der Waals surface area contributed by atoms with E-state index in [-0.39, 0.29) is 19.2 Å². The Bertz CT molecular complexity index is 315. The van der Waals surface area contributed by atoms with E-state index in [0.717, 1.165) is 0 Å². The van der Waals surface area contributed by atoms with Gasteiger partial charge in [0.1, 0.15) is 6.61 Å². The van der Waals surface area contributed by atoms with Gasteiger partial charge in [0.05, 0.1) is 12.5 Å². The predicted octanol–water partition coefficient (Wildman–Crippen LogP) is 0.821. The summed E-state index contributed by atoms with van der Waals surface area (Å²) in [6.45, 7) is -0.500. The van der Waals surface area contributed by atoms with Crippen LogP contribution in [0.25, 0.3) is 0 Å². The molecule has 0 aromatic rings. The third-order valence-electron chi connectivity index (χ3n) is 2.89. The number of urea groups is 1. The van der Waals surface area contributed by atoms with Gasteiger partial charge in [-0.2, -0.15) is 0 Å². The third-order valence-corrected chi connectivity index (χ3v) is 2.89. The number of ether oxygens (including phenoxy) is 1. The molecule has 1 rings (SSSR count). The molecule has 8 heteroatoms. The van der Waals surface area contributed by atoms with Crippen LogP contribution >= 0.6 is 0 Å². The number of carbonyl (C=O) groups excluding carboxylic acids is 1. The number of halogens is 2. The molecule has 0 aliphatic heterocycles. The minimum absolute atomic E-state index is 0.0141. The molecule has 19 heavy (non-hydrogen) atoms. The summed E-state index contributed by atoms with van der Waals surface area (Å²) in [5.41, 5.74) is 0. The summed E-state index contributed by atoms with van der Waals surface area (Å²) in [5, 5.41) is 13.9. The monoisotopic (exact) mass is 280 g/mol. The van der Waals surface area contributed by atoms with Gasteiger partial charge in [-0.05, 0) is 19.3 Å². The van der Waals surface area contributed by atoms with Crippen molar-refractivity contribution in [3.8, 4) is 0 Å². The molecule has 1 aliphatic carbocycles.